The van der Waals surface area contributed by atoms with Gasteiger partial charge < -0.3 is 9.64 Å². The molecule has 0 radical (unpaired) electrons. The van der Waals surface area contributed by atoms with Crippen LogP contribution in [-0.2, 0) is 0 Å². The predicted octanol–water partition coefficient (Wildman–Crippen LogP) is 6.86. The number of hydrogen-bond acceptors (Lipinski definition) is 4. The first-order chi connectivity index (χ1) is 16.6. The average molecular weight is 516 g/mol. The highest BCUT2D eigenvalue weighted by Gasteiger charge is 2.51. The summed E-state index contributed by atoms with van der Waals surface area (Å²) < 4.78 is 7.88. The van der Waals surface area contributed by atoms with Crippen LogP contribution in [0.25, 0.3) is 11.1 Å². The minimum absolute atomic E-state index is 0.211. The van der Waals surface area contributed by atoms with E-state index in [1.54, 1.807) is 0 Å². The van der Waals surface area contributed by atoms with Gasteiger partial charge in [0.1, 0.15) is 5.75 Å². The molecule has 3 aliphatic rings. The Bertz CT molecular complexity index is 1200. The number of hydrogen-bond donors (Lipinski definition) is 0. The van der Waals surface area contributed by atoms with Crippen LogP contribution in [0.3, 0.4) is 0 Å². The summed E-state index contributed by atoms with van der Waals surface area (Å²) in [6.45, 7) is 5.52. The van der Waals surface area contributed by atoms with Crippen molar-refractivity contribution in [2.24, 2.45) is 5.10 Å². The summed E-state index contributed by atoms with van der Waals surface area (Å²) in [6, 6.07) is 26.1. The molecular formula is C29H30BrN3O. The highest BCUT2D eigenvalue weighted by atomic mass is 79.9. The van der Waals surface area contributed by atoms with Crippen molar-refractivity contribution < 1.29 is 4.74 Å². The zero-order valence-electron chi connectivity index (χ0n) is 19.6. The molecule has 0 N–H and O–H groups in total. The molecular weight excluding hydrogens is 486 g/mol. The fourth-order valence-electron chi connectivity index (χ4n) is 5.69. The summed E-state index contributed by atoms with van der Waals surface area (Å²) in [5.41, 5.74) is 5.70. The van der Waals surface area contributed by atoms with E-state index in [9.17, 15) is 0 Å². The van der Waals surface area contributed by atoms with E-state index in [2.05, 4.69) is 106 Å². The van der Waals surface area contributed by atoms with Crippen molar-refractivity contribution in [3.05, 3.63) is 88.4 Å². The lowest BCUT2D eigenvalue weighted by Crippen LogP contribution is -2.59. The van der Waals surface area contributed by atoms with Crippen LogP contribution in [0.4, 0.5) is 0 Å². The van der Waals surface area contributed by atoms with Gasteiger partial charge in [0, 0.05) is 42.4 Å². The SMILES string of the molecule is CCCN1CCC2(CC1)Oc1ccc(Br)cc1[C@H]1CC(c3ccc(-c4ccccc4)cc3)=NN12. The first kappa shape index (κ1) is 21.9. The van der Waals surface area contributed by atoms with Crippen LogP contribution in [0, 0.1) is 0 Å². The number of likely N-dealkylation sites (tertiary alicyclic amines) is 1. The third-order valence-electron chi connectivity index (χ3n) is 7.46. The van der Waals surface area contributed by atoms with Gasteiger partial charge in [-0.3, -0.25) is 0 Å². The third-order valence-corrected chi connectivity index (χ3v) is 7.95. The molecule has 3 aromatic carbocycles. The second-order valence-corrected chi connectivity index (χ2v) is 10.5. The zero-order valence-corrected chi connectivity index (χ0v) is 21.2. The number of rotatable bonds is 4. The van der Waals surface area contributed by atoms with Gasteiger partial charge in [-0.15, -0.1) is 0 Å². The smallest absolute Gasteiger partial charge is 0.200 e. The monoisotopic (exact) mass is 515 g/mol. The Balaban J connectivity index is 1.33. The van der Waals surface area contributed by atoms with E-state index in [1.807, 2.05) is 0 Å². The van der Waals surface area contributed by atoms with Gasteiger partial charge >= 0.3 is 0 Å². The molecule has 1 atom stereocenters. The van der Waals surface area contributed by atoms with Gasteiger partial charge in [0.25, 0.3) is 0 Å². The maximum Gasteiger partial charge on any atom is 0.200 e. The van der Waals surface area contributed by atoms with Gasteiger partial charge in [0.2, 0.25) is 5.72 Å². The minimum Gasteiger partial charge on any atom is -0.466 e. The Morgan fingerprint density at radius 2 is 1.65 bits per heavy atom. The van der Waals surface area contributed by atoms with Crippen LogP contribution in [0.15, 0.2) is 82.4 Å². The summed E-state index contributed by atoms with van der Waals surface area (Å²) in [5.74, 6) is 1.02. The summed E-state index contributed by atoms with van der Waals surface area (Å²) in [4.78, 5) is 2.56. The molecule has 1 fully saturated rings. The summed E-state index contributed by atoms with van der Waals surface area (Å²) >= 11 is 3.67. The number of hydrazone groups is 1. The van der Waals surface area contributed by atoms with Gasteiger partial charge in [-0.05, 0) is 47.9 Å². The third kappa shape index (κ3) is 3.85. The van der Waals surface area contributed by atoms with E-state index < -0.39 is 0 Å². The average Bonchev–Trinajstić information content (AvgIpc) is 3.34. The molecule has 3 heterocycles. The van der Waals surface area contributed by atoms with Gasteiger partial charge in [-0.1, -0.05) is 77.5 Å². The molecule has 34 heavy (non-hydrogen) atoms. The number of ether oxygens (including phenoxy) is 1. The quantitative estimate of drug-likeness (QED) is 0.379. The summed E-state index contributed by atoms with van der Waals surface area (Å²) in [7, 11) is 0. The molecule has 1 spiro atoms. The van der Waals surface area contributed by atoms with Crippen LogP contribution in [-0.4, -0.2) is 41.0 Å². The molecule has 5 heteroatoms. The number of halogens is 1. The highest BCUT2D eigenvalue weighted by Crippen LogP contribution is 2.50. The molecule has 0 bridgehead atoms. The lowest BCUT2D eigenvalue weighted by molar-refractivity contribution is -0.149. The molecule has 1 saturated heterocycles. The van der Waals surface area contributed by atoms with Crippen molar-refractivity contribution >= 4 is 21.6 Å². The Hall–Kier alpha value is -2.63. The topological polar surface area (TPSA) is 28.1 Å². The molecule has 0 aromatic heterocycles. The number of fused-ring (bicyclic) bond motifs is 4. The lowest BCUT2D eigenvalue weighted by Gasteiger charge is -2.51. The van der Waals surface area contributed by atoms with Crippen LogP contribution < -0.4 is 4.74 Å². The first-order valence-electron chi connectivity index (χ1n) is 12.4. The maximum absolute atomic E-state index is 6.79. The summed E-state index contributed by atoms with van der Waals surface area (Å²) in [6.07, 6.45) is 4.04. The van der Waals surface area contributed by atoms with Crippen molar-refractivity contribution in [2.75, 3.05) is 19.6 Å². The van der Waals surface area contributed by atoms with Crippen molar-refractivity contribution in [2.45, 2.75) is 44.4 Å². The van der Waals surface area contributed by atoms with Gasteiger partial charge in [0.05, 0.1) is 11.8 Å². The van der Waals surface area contributed by atoms with E-state index >= 15 is 0 Å². The summed E-state index contributed by atoms with van der Waals surface area (Å²) in [5, 5.41) is 7.56. The van der Waals surface area contributed by atoms with Crippen LogP contribution in [0.5, 0.6) is 5.75 Å². The molecule has 174 valence electrons. The lowest BCUT2D eigenvalue weighted by atomic mass is 9.90. The molecule has 4 nitrogen and oxygen atoms in total. The number of nitrogens with zero attached hydrogens (tertiary/aromatic N) is 3. The van der Waals surface area contributed by atoms with Gasteiger partial charge in [-0.25, -0.2) is 5.01 Å². The fourth-order valence-corrected chi connectivity index (χ4v) is 6.06. The predicted molar refractivity (Wildman–Crippen MR) is 141 cm³/mol. The van der Waals surface area contributed by atoms with Crippen molar-refractivity contribution in [1.29, 1.82) is 0 Å². The van der Waals surface area contributed by atoms with Crippen molar-refractivity contribution in [3.63, 3.8) is 0 Å². The molecule has 6 rings (SSSR count). The van der Waals surface area contributed by atoms with Crippen LogP contribution >= 0.6 is 15.9 Å². The Morgan fingerprint density at radius 3 is 2.38 bits per heavy atom. The van der Waals surface area contributed by atoms with E-state index in [0.29, 0.717) is 0 Å². The largest absolute Gasteiger partial charge is 0.466 e. The van der Waals surface area contributed by atoms with E-state index in [1.165, 1.54) is 28.7 Å². The second-order valence-electron chi connectivity index (χ2n) is 9.63. The second kappa shape index (κ2) is 8.86. The first-order valence-corrected chi connectivity index (χ1v) is 13.2. The standard InChI is InChI=1S/C29H30BrN3O/c1-2-16-32-17-14-29(15-18-32)33-27(25-19-24(30)12-13-28(25)34-29)20-26(31-33)23-10-8-22(9-11-23)21-6-4-3-5-7-21/h3-13,19,27H,2,14-18,20H2,1H3/t27-/m1/s1. The zero-order chi connectivity index (χ0) is 23.1. The normalized spacial score (nSPS) is 21.1. The molecule has 0 amide bonds. The molecule has 3 aromatic rings. The van der Waals surface area contributed by atoms with Crippen molar-refractivity contribution in [1.82, 2.24) is 9.91 Å². The highest BCUT2D eigenvalue weighted by molar-refractivity contribution is 9.10. The van der Waals surface area contributed by atoms with Crippen LogP contribution in [0.2, 0.25) is 0 Å². The maximum atomic E-state index is 6.79. The van der Waals surface area contributed by atoms with E-state index in [0.717, 1.165) is 54.8 Å². The van der Waals surface area contributed by atoms with Gasteiger partial charge in [-0.2, -0.15) is 5.10 Å². The van der Waals surface area contributed by atoms with Gasteiger partial charge in [0.15, 0.2) is 0 Å². The molecule has 0 aliphatic carbocycles. The number of piperidine rings is 1. The molecule has 3 aliphatic heterocycles. The Morgan fingerprint density at radius 1 is 0.941 bits per heavy atom. The molecule has 0 saturated carbocycles. The van der Waals surface area contributed by atoms with Crippen molar-refractivity contribution in [3.8, 4) is 16.9 Å². The Labute approximate surface area is 210 Å². The Kier molecular flexibility index (Phi) is 5.70. The molecule has 0 unspecified atom stereocenters. The minimum atomic E-state index is -0.360. The van der Waals surface area contributed by atoms with E-state index in [4.69, 9.17) is 9.84 Å². The van der Waals surface area contributed by atoms with E-state index in [-0.39, 0.29) is 11.8 Å². The number of benzene rings is 3. The fraction of sp³-hybridized carbons (Fsp3) is 0.345. The van der Waals surface area contributed by atoms with Crippen LogP contribution in [0.1, 0.15) is 49.8 Å².